The Morgan fingerprint density at radius 1 is 1.04 bits per heavy atom. The zero-order valence-corrected chi connectivity index (χ0v) is 14.8. The van der Waals surface area contributed by atoms with Gasteiger partial charge in [0.1, 0.15) is 0 Å². The van der Waals surface area contributed by atoms with E-state index in [0.717, 1.165) is 30.5 Å². The Balaban J connectivity index is 1.73. The van der Waals surface area contributed by atoms with Crippen molar-refractivity contribution in [2.24, 2.45) is 0 Å². The maximum atomic E-state index is 12.8. The third-order valence-electron chi connectivity index (χ3n) is 4.49. The van der Waals surface area contributed by atoms with Crippen molar-refractivity contribution >= 4 is 11.7 Å². The first-order chi connectivity index (χ1) is 12.8. The Kier molecular flexibility index (Phi) is 4.91. The number of hydrogen-bond donors (Lipinski definition) is 2. The van der Waals surface area contributed by atoms with Crippen molar-refractivity contribution < 1.29 is 27.4 Å². The number of methoxy groups -OCH3 is 2. The lowest BCUT2D eigenvalue weighted by molar-refractivity contribution is -0.137. The summed E-state index contributed by atoms with van der Waals surface area (Å²) < 4.78 is 48.9. The molecule has 0 heterocycles. The molecule has 2 aromatic rings. The third-order valence-corrected chi connectivity index (χ3v) is 4.49. The van der Waals surface area contributed by atoms with Crippen molar-refractivity contribution in [2.75, 3.05) is 19.5 Å². The number of urea groups is 1. The molecule has 2 N–H and O–H groups in total. The molecule has 0 spiro atoms. The van der Waals surface area contributed by atoms with E-state index in [1.165, 1.54) is 26.4 Å². The first-order valence-corrected chi connectivity index (χ1v) is 8.26. The summed E-state index contributed by atoms with van der Waals surface area (Å²) in [5, 5.41) is 5.32. The molecule has 0 radical (unpaired) electrons. The summed E-state index contributed by atoms with van der Waals surface area (Å²) >= 11 is 0. The fourth-order valence-corrected chi connectivity index (χ4v) is 2.90. The van der Waals surface area contributed by atoms with Gasteiger partial charge in [-0.2, -0.15) is 13.2 Å². The lowest BCUT2D eigenvalue weighted by Crippen LogP contribution is -2.38. The van der Waals surface area contributed by atoms with Gasteiger partial charge in [-0.1, -0.05) is 12.1 Å². The van der Waals surface area contributed by atoms with Crippen molar-refractivity contribution in [2.45, 2.75) is 24.6 Å². The van der Waals surface area contributed by atoms with Gasteiger partial charge in [-0.25, -0.2) is 4.79 Å². The van der Waals surface area contributed by atoms with Crippen molar-refractivity contribution in [1.82, 2.24) is 5.32 Å². The molecule has 1 aliphatic rings. The van der Waals surface area contributed by atoms with Crippen molar-refractivity contribution in [3.63, 3.8) is 0 Å². The number of nitrogens with one attached hydrogen (secondary N) is 2. The molecule has 1 aliphatic carbocycles. The minimum absolute atomic E-state index is 0.0745. The van der Waals surface area contributed by atoms with Crippen LogP contribution in [-0.2, 0) is 11.7 Å². The number of ether oxygens (including phenoxy) is 2. The van der Waals surface area contributed by atoms with Gasteiger partial charge < -0.3 is 20.1 Å². The van der Waals surface area contributed by atoms with Crippen LogP contribution in [0.5, 0.6) is 11.5 Å². The first-order valence-electron chi connectivity index (χ1n) is 8.26. The Hall–Kier alpha value is -2.90. The molecule has 27 heavy (non-hydrogen) atoms. The van der Waals surface area contributed by atoms with Crippen LogP contribution in [0.15, 0.2) is 42.5 Å². The van der Waals surface area contributed by atoms with E-state index in [1.54, 1.807) is 12.1 Å². The summed E-state index contributed by atoms with van der Waals surface area (Å²) in [5.41, 5.74) is -0.461. The van der Waals surface area contributed by atoms with Gasteiger partial charge in [-0.3, -0.25) is 0 Å². The van der Waals surface area contributed by atoms with Crippen LogP contribution in [0.3, 0.4) is 0 Å². The molecule has 1 saturated carbocycles. The van der Waals surface area contributed by atoms with E-state index in [2.05, 4.69) is 10.6 Å². The molecule has 0 unspecified atom stereocenters. The van der Waals surface area contributed by atoms with E-state index < -0.39 is 23.3 Å². The SMILES string of the molecule is COc1ccc(C2(NC(=O)Nc3cccc(C(F)(F)F)c3)CC2)cc1OC. The number of halogens is 3. The summed E-state index contributed by atoms with van der Waals surface area (Å²) in [6, 6.07) is 9.31. The Labute approximate surface area is 154 Å². The quantitative estimate of drug-likeness (QED) is 0.801. The second kappa shape index (κ2) is 7.02. The molecule has 0 atom stereocenters. The highest BCUT2D eigenvalue weighted by atomic mass is 19.4. The summed E-state index contributed by atoms with van der Waals surface area (Å²) in [4.78, 5) is 12.3. The Bertz CT molecular complexity index is 848. The molecule has 2 amide bonds. The van der Waals surface area contributed by atoms with Crippen LogP contribution in [0, 0.1) is 0 Å². The normalized spacial score (nSPS) is 15.0. The number of anilines is 1. The topological polar surface area (TPSA) is 59.6 Å². The summed E-state index contributed by atoms with van der Waals surface area (Å²) in [6.45, 7) is 0. The number of carbonyl (C=O) groups excluding carboxylic acids is 1. The van der Waals surface area contributed by atoms with Crippen molar-refractivity contribution in [3.05, 3.63) is 53.6 Å². The average Bonchev–Trinajstić information content (AvgIpc) is 3.41. The van der Waals surface area contributed by atoms with Gasteiger partial charge in [0.2, 0.25) is 0 Å². The number of hydrogen-bond acceptors (Lipinski definition) is 3. The van der Waals surface area contributed by atoms with Crippen molar-refractivity contribution in [1.29, 1.82) is 0 Å². The molecule has 2 aromatic carbocycles. The first kappa shape index (κ1) is 18.9. The number of benzene rings is 2. The molecule has 0 saturated heterocycles. The van der Waals surface area contributed by atoms with Gasteiger partial charge >= 0.3 is 12.2 Å². The van der Waals surface area contributed by atoms with Crippen LogP contribution >= 0.6 is 0 Å². The molecule has 0 aromatic heterocycles. The second-order valence-corrected chi connectivity index (χ2v) is 6.31. The van der Waals surface area contributed by atoms with Crippen LogP contribution in [0.1, 0.15) is 24.0 Å². The van der Waals surface area contributed by atoms with E-state index in [-0.39, 0.29) is 5.69 Å². The number of rotatable bonds is 5. The lowest BCUT2D eigenvalue weighted by atomic mass is 10.0. The van der Waals surface area contributed by atoms with E-state index in [1.807, 2.05) is 6.07 Å². The minimum Gasteiger partial charge on any atom is -0.493 e. The molecular weight excluding hydrogens is 361 g/mol. The average molecular weight is 380 g/mol. The summed E-state index contributed by atoms with van der Waals surface area (Å²) in [7, 11) is 3.06. The van der Waals surface area contributed by atoms with Crippen LogP contribution < -0.4 is 20.1 Å². The highest BCUT2D eigenvalue weighted by Crippen LogP contribution is 2.47. The number of carbonyl (C=O) groups is 1. The fourth-order valence-electron chi connectivity index (χ4n) is 2.90. The zero-order valence-electron chi connectivity index (χ0n) is 14.8. The summed E-state index contributed by atoms with van der Waals surface area (Å²) in [5.74, 6) is 1.12. The molecule has 8 heteroatoms. The second-order valence-electron chi connectivity index (χ2n) is 6.31. The molecule has 144 valence electrons. The van der Waals surface area contributed by atoms with Gasteiger partial charge in [0.25, 0.3) is 0 Å². The molecule has 5 nitrogen and oxygen atoms in total. The molecule has 0 bridgehead atoms. The number of alkyl halides is 3. The Morgan fingerprint density at radius 3 is 2.33 bits per heavy atom. The van der Waals surface area contributed by atoms with Gasteiger partial charge in [0.15, 0.2) is 11.5 Å². The van der Waals surface area contributed by atoms with Crippen LogP contribution in [-0.4, -0.2) is 20.3 Å². The standard InChI is InChI=1S/C19H19F3N2O3/c1-26-15-7-6-12(11-16(15)27-2)18(8-9-18)24-17(25)23-14-5-3-4-13(10-14)19(20,21)22/h3-7,10-11H,8-9H2,1-2H3,(H2,23,24,25). The molecule has 3 rings (SSSR count). The molecule has 0 aliphatic heterocycles. The third kappa shape index (κ3) is 4.10. The fraction of sp³-hybridized carbons (Fsp3) is 0.316. The van der Waals surface area contributed by atoms with E-state index in [9.17, 15) is 18.0 Å². The predicted molar refractivity (Wildman–Crippen MR) is 94.1 cm³/mol. The monoisotopic (exact) mass is 380 g/mol. The van der Waals surface area contributed by atoms with Crippen LogP contribution in [0.25, 0.3) is 0 Å². The van der Waals surface area contributed by atoms with Gasteiger partial charge in [-0.05, 0) is 48.7 Å². The lowest BCUT2D eigenvalue weighted by Gasteiger charge is -2.20. The maximum Gasteiger partial charge on any atom is 0.416 e. The van der Waals surface area contributed by atoms with Crippen LogP contribution in [0.2, 0.25) is 0 Å². The maximum absolute atomic E-state index is 12.8. The van der Waals surface area contributed by atoms with Crippen LogP contribution in [0.4, 0.5) is 23.7 Å². The molecular formula is C19H19F3N2O3. The minimum atomic E-state index is -4.47. The highest BCUT2D eigenvalue weighted by Gasteiger charge is 2.46. The largest absolute Gasteiger partial charge is 0.493 e. The van der Waals surface area contributed by atoms with Gasteiger partial charge in [0.05, 0.1) is 25.3 Å². The van der Waals surface area contributed by atoms with Gasteiger partial charge in [0, 0.05) is 5.69 Å². The number of amides is 2. The van der Waals surface area contributed by atoms with E-state index in [0.29, 0.717) is 11.5 Å². The predicted octanol–water partition coefficient (Wildman–Crippen LogP) is 4.53. The molecule has 1 fully saturated rings. The van der Waals surface area contributed by atoms with Crippen molar-refractivity contribution in [3.8, 4) is 11.5 Å². The Morgan fingerprint density at radius 2 is 1.74 bits per heavy atom. The zero-order chi connectivity index (χ0) is 19.7. The van der Waals surface area contributed by atoms with Gasteiger partial charge in [-0.15, -0.1) is 0 Å². The smallest absolute Gasteiger partial charge is 0.416 e. The van der Waals surface area contributed by atoms with E-state index >= 15 is 0 Å². The summed E-state index contributed by atoms with van der Waals surface area (Å²) in [6.07, 6.45) is -3.03. The van der Waals surface area contributed by atoms with E-state index in [4.69, 9.17) is 9.47 Å². The highest BCUT2D eigenvalue weighted by molar-refractivity contribution is 5.90.